The van der Waals surface area contributed by atoms with Crippen LogP contribution >= 0.6 is 0 Å². The standard InChI is InChI=1S/C65H82N2O19/c1-34-25-35(2)27-54(81-7)59-55(82-8)29-37(4)65(79,86-59)60(73)61(74)67-23-12-11-15-47(67)63(77)85-57(36(3)28-39-16-20-49(70)53(30-39)80-6)38(5)50(71)32-51(72)40(26-34)22-24-83-64(78)66-33-46-48(69)21-19-45-56(42-13-9-10-14-43(42)62(75)76)44-18-17-41(68)31-52(44)84-58(45)46/h9-10,13-14,17-19,21,26,28,31,34-35,37-39,47,49-50,53-55,57,59,69-71,79H,11-12,15-16,20,22-25,27,29-30,32-33H2,1-8H3,(H,66,78)(H,75,76). The topological polar surface area (TPSA) is 304 Å². The molecule has 6 aliphatic rings. The molecule has 6 N–H and O–H groups in total. The van der Waals surface area contributed by atoms with E-state index in [1.54, 1.807) is 51.1 Å². The molecule has 4 heterocycles. The van der Waals surface area contributed by atoms with E-state index in [9.17, 15) is 59.1 Å². The molecule has 2 bridgehead atoms. The van der Waals surface area contributed by atoms with Gasteiger partial charge in [-0.2, -0.15) is 0 Å². The monoisotopic (exact) mass is 1190 g/mol. The summed E-state index contributed by atoms with van der Waals surface area (Å²) in [6.45, 7) is 8.18. The number of hydrogen-bond donors (Lipinski definition) is 6. The molecule has 14 unspecified atom stereocenters. The number of carboxylic acids is 1. The number of aliphatic hydroxyl groups is 3. The first-order chi connectivity index (χ1) is 41.0. The maximum Gasteiger partial charge on any atom is 0.407 e. The van der Waals surface area contributed by atoms with Crippen LogP contribution in [-0.2, 0) is 54.1 Å². The van der Waals surface area contributed by atoms with Crippen LogP contribution in [0.1, 0.15) is 121 Å². The van der Waals surface area contributed by atoms with Crippen molar-refractivity contribution < 1.29 is 87.1 Å². The lowest BCUT2D eigenvalue weighted by molar-refractivity contribution is -0.302. The number of allylic oxidation sites excluding steroid dienone is 2. The number of amides is 2. The summed E-state index contributed by atoms with van der Waals surface area (Å²) < 4.78 is 42.0. The lowest BCUT2D eigenvalue weighted by Crippen LogP contribution is -2.64. The molecule has 21 nitrogen and oxygen atoms in total. The molecule has 2 aromatic rings. The van der Waals surface area contributed by atoms with Crippen molar-refractivity contribution >= 4 is 46.5 Å². The van der Waals surface area contributed by atoms with Gasteiger partial charge >= 0.3 is 18.0 Å². The summed E-state index contributed by atoms with van der Waals surface area (Å²) in [7, 11) is 4.47. The normalized spacial score (nSPS) is 30.5. The van der Waals surface area contributed by atoms with E-state index in [0.717, 1.165) is 4.90 Å². The van der Waals surface area contributed by atoms with Crippen LogP contribution in [0.2, 0.25) is 0 Å². The number of piperidine rings is 1. The highest BCUT2D eigenvalue weighted by molar-refractivity contribution is 6.39. The largest absolute Gasteiger partial charge is 0.507 e. The molecule has 0 aromatic heterocycles. The molecule has 0 radical (unpaired) electrons. The van der Waals surface area contributed by atoms with Gasteiger partial charge in [-0.3, -0.25) is 19.2 Å². The minimum absolute atomic E-state index is 0.00557. The lowest BCUT2D eigenvalue weighted by Gasteiger charge is -2.47. The molecule has 14 atom stereocenters. The van der Waals surface area contributed by atoms with E-state index in [0.29, 0.717) is 72.6 Å². The number of ether oxygens (including phenoxy) is 6. The molecule has 2 amide bonds. The smallest absolute Gasteiger partial charge is 0.407 e. The predicted octanol–water partition coefficient (Wildman–Crippen LogP) is 7.66. The summed E-state index contributed by atoms with van der Waals surface area (Å²) in [6.07, 6.45) is -0.468. The lowest BCUT2D eigenvalue weighted by atomic mass is 9.81. The Kier molecular flexibility index (Phi) is 21.5. The van der Waals surface area contributed by atoms with Crippen LogP contribution in [0.5, 0.6) is 5.75 Å². The second-order valence-electron chi connectivity index (χ2n) is 24.0. The van der Waals surface area contributed by atoms with Crippen molar-refractivity contribution in [3.8, 4) is 28.2 Å². The van der Waals surface area contributed by atoms with Gasteiger partial charge in [0.1, 0.15) is 35.3 Å². The third-order valence-electron chi connectivity index (χ3n) is 17.9. The fraction of sp³-hybridized carbons (Fsp3) is 0.554. The van der Waals surface area contributed by atoms with Crippen molar-refractivity contribution in [2.45, 2.75) is 166 Å². The van der Waals surface area contributed by atoms with Crippen molar-refractivity contribution in [1.29, 1.82) is 0 Å². The number of ketones is 2. The highest BCUT2D eigenvalue weighted by Gasteiger charge is 2.57. The van der Waals surface area contributed by atoms with Crippen molar-refractivity contribution in [3.05, 3.63) is 99.2 Å². The molecule has 8 rings (SSSR count). The maximum absolute atomic E-state index is 14.7. The molecule has 2 aromatic carbocycles. The number of rotatable bonds is 12. The number of hydrogen-bond acceptors (Lipinski definition) is 18. The number of nitrogens with one attached hydrogen (secondary N) is 1. The van der Waals surface area contributed by atoms with Crippen LogP contribution < -0.4 is 10.7 Å². The first-order valence-corrected chi connectivity index (χ1v) is 29.8. The molecule has 3 fully saturated rings. The number of aromatic carboxylic acids is 1. The van der Waals surface area contributed by atoms with Crippen molar-refractivity contribution in [2.75, 3.05) is 34.5 Å². The van der Waals surface area contributed by atoms with E-state index in [-0.39, 0.29) is 95.9 Å². The van der Waals surface area contributed by atoms with Crippen molar-refractivity contribution in [2.24, 2.45) is 29.6 Å². The molecular weight excluding hydrogens is 1110 g/mol. The Bertz CT molecular complexity index is 3220. The zero-order valence-corrected chi connectivity index (χ0v) is 50.2. The SMILES string of the molecule is COC1CC(C=C(C)C2OC(=O)C3CCCCN3C(=O)C(=O)C3(O)OC(C(OC)CC(C)CC(C)C=C(CCOC(=O)NCc4c(O)ccc5c(-c6ccccc6C(=O)O)c6ccc(=O)cc-6oc45)C(=O)CC(O)C2C)C(OC)CC3C)CCC1O. The third-order valence-corrected chi connectivity index (χ3v) is 17.9. The Morgan fingerprint density at radius 2 is 1.56 bits per heavy atom. The van der Waals surface area contributed by atoms with Gasteiger partial charge in [-0.25, -0.2) is 14.4 Å². The van der Waals surface area contributed by atoms with Gasteiger partial charge in [0.05, 0.1) is 54.8 Å². The number of methoxy groups -OCH3 is 3. The molecule has 0 spiro atoms. The number of benzene rings is 3. The fourth-order valence-electron chi connectivity index (χ4n) is 13.1. The summed E-state index contributed by atoms with van der Waals surface area (Å²) in [5.41, 5.74) is 1.72. The molecule has 2 aliphatic carbocycles. The number of carbonyl (C=O) groups excluding carboxylic acids is 5. The number of aromatic hydroxyl groups is 1. The zero-order valence-electron chi connectivity index (χ0n) is 50.2. The number of nitrogens with zero attached hydrogens (tertiary/aromatic N) is 1. The Balaban J connectivity index is 1.09. The van der Waals surface area contributed by atoms with Crippen LogP contribution in [0, 0.1) is 29.6 Å². The Morgan fingerprint density at radius 1 is 0.837 bits per heavy atom. The number of phenolic OH excluding ortho intramolecular Hbond substituents is 1. The molecule has 466 valence electrons. The summed E-state index contributed by atoms with van der Waals surface area (Å²) in [4.78, 5) is 98.2. The van der Waals surface area contributed by atoms with Crippen LogP contribution in [0.3, 0.4) is 0 Å². The molecular formula is C65H82N2O19. The molecule has 86 heavy (non-hydrogen) atoms. The molecule has 2 saturated heterocycles. The van der Waals surface area contributed by atoms with Crippen LogP contribution in [-0.4, -0.2) is 155 Å². The average Bonchev–Trinajstić information content (AvgIpc) is 0.915. The zero-order chi connectivity index (χ0) is 62.3. The maximum atomic E-state index is 14.7. The number of cyclic esters (lactones) is 1. The van der Waals surface area contributed by atoms with Gasteiger partial charge in [0.2, 0.25) is 5.79 Å². The molecule has 4 aliphatic heterocycles. The van der Waals surface area contributed by atoms with Gasteiger partial charge in [-0.1, -0.05) is 58.0 Å². The van der Waals surface area contributed by atoms with Crippen molar-refractivity contribution in [3.63, 3.8) is 0 Å². The number of Topliss-reactive ketones (excluding diaryl/α,β-unsaturated/α-hetero) is 2. The first-order valence-electron chi connectivity index (χ1n) is 29.8. The number of alkyl carbamates (subject to hydrolysis) is 1. The average molecular weight is 1200 g/mol. The highest BCUT2D eigenvalue weighted by Crippen LogP contribution is 2.44. The van der Waals surface area contributed by atoms with E-state index in [1.807, 2.05) is 19.9 Å². The number of fused-ring (bicyclic) bond motifs is 5. The predicted molar refractivity (Wildman–Crippen MR) is 314 cm³/mol. The van der Waals surface area contributed by atoms with E-state index in [4.69, 9.17) is 32.8 Å². The minimum Gasteiger partial charge on any atom is -0.507 e. The number of phenols is 1. The molecule has 1 saturated carbocycles. The second-order valence-corrected chi connectivity index (χ2v) is 24.0. The Hall–Kier alpha value is -6.85. The third kappa shape index (κ3) is 14.4. The number of aliphatic hydroxyl groups excluding tert-OH is 2. The highest BCUT2D eigenvalue weighted by atomic mass is 16.7. The summed E-state index contributed by atoms with van der Waals surface area (Å²) >= 11 is 0. The number of carbonyl (C=O) groups is 6. The number of carboxylic acid groups (broad SMARTS) is 1. The summed E-state index contributed by atoms with van der Waals surface area (Å²) in [6, 6.07) is 12.1. The van der Waals surface area contributed by atoms with E-state index in [1.165, 1.54) is 51.7 Å². The van der Waals surface area contributed by atoms with Gasteiger partial charge < -0.3 is 68.6 Å². The van der Waals surface area contributed by atoms with Crippen molar-refractivity contribution in [1.82, 2.24) is 10.2 Å². The second kappa shape index (κ2) is 28.3. The Labute approximate surface area is 499 Å². The van der Waals surface area contributed by atoms with Gasteiger partial charge in [-0.15, -0.1) is 0 Å². The van der Waals surface area contributed by atoms with E-state index in [2.05, 4.69) is 5.32 Å². The minimum atomic E-state index is -2.62. The van der Waals surface area contributed by atoms with E-state index >= 15 is 0 Å². The Morgan fingerprint density at radius 3 is 2.28 bits per heavy atom. The molecule has 21 heteroatoms. The fourth-order valence-corrected chi connectivity index (χ4v) is 13.1. The van der Waals surface area contributed by atoms with Crippen LogP contribution in [0.4, 0.5) is 4.79 Å². The van der Waals surface area contributed by atoms with Gasteiger partial charge in [-0.05, 0) is 130 Å². The summed E-state index contributed by atoms with van der Waals surface area (Å²) in [5, 5.41) is 59.4. The van der Waals surface area contributed by atoms with Gasteiger partial charge in [0.15, 0.2) is 11.2 Å². The van der Waals surface area contributed by atoms with Crippen LogP contribution in [0.25, 0.3) is 33.4 Å². The van der Waals surface area contributed by atoms with E-state index < -0.39 is 108 Å². The van der Waals surface area contributed by atoms with Gasteiger partial charge in [0, 0.05) is 75.1 Å². The van der Waals surface area contributed by atoms with Crippen LogP contribution in [0.15, 0.2) is 87.1 Å². The number of esters is 1. The summed E-state index contributed by atoms with van der Waals surface area (Å²) in [5.74, 6) is -10.1. The quantitative estimate of drug-likeness (QED) is 0.0343. The van der Waals surface area contributed by atoms with Gasteiger partial charge in [0.25, 0.3) is 11.7 Å². The first kappa shape index (κ1) is 65.1.